The first-order valence-corrected chi connectivity index (χ1v) is 13.2. The van der Waals surface area contributed by atoms with Crippen molar-refractivity contribution in [2.24, 2.45) is 0 Å². The molecule has 1 saturated heterocycles. The van der Waals surface area contributed by atoms with Crippen molar-refractivity contribution in [3.63, 3.8) is 0 Å². The highest BCUT2D eigenvalue weighted by Crippen LogP contribution is 2.31. The van der Waals surface area contributed by atoms with Crippen molar-refractivity contribution in [2.75, 3.05) is 45.2 Å². The molecule has 1 aromatic heterocycles. The number of hydrogen-bond donors (Lipinski definition) is 0. The second-order valence-electron chi connectivity index (χ2n) is 8.88. The van der Waals surface area contributed by atoms with Gasteiger partial charge in [0.15, 0.2) is 0 Å². The molecule has 0 saturated carbocycles. The van der Waals surface area contributed by atoms with Crippen LogP contribution in [0, 0.1) is 6.92 Å². The Labute approximate surface area is 222 Å². The lowest BCUT2D eigenvalue weighted by molar-refractivity contribution is -0.275. The first kappa shape index (κ1) is 28.3. The number of carbonyl (C=O) groups excluding carboxylic acids is 1. The summed E-state index contributed by atoms with van der Waals surface area (Å²) in [5.41, 5.74) is 1.35. The average molecular weight is 570 g/mol. The first-order chi connectivity index (χ1) is 18.3. The van der Waals surface area contributed by atoms with Crippen LogP contribution in [-0.4, -0.2) is 86.6 Å². The largest absolute Gasteiger partial charge is 0.573 e. The minimum absolute atomic E-state index is 0.0272. The molecule has 1 fully saturated rings. The Hall–Kier alpha value is -3.69. The molecule has 0 aliphatic carbocycles. The van der Waals surface area contributed by atoms with Gasteiger partial charge < -0.3 is 18.9 Å². The van der Waals surface area contributed by atoms with Crippen molar-refractivity contribution in [3.8, 4) is 17.1 Å². The number of carbonyl (C=O) groups is 1. The van der Waals surface area contributed by atoms with E-state index in [2.05, 4.69) is 14.9 Å². The molecule has 15 heteroatoms. The normalized spacial score (nSPS) is 16.3. The Morgan fingerprint density at radius 3 is 2.44 bits per heavy atom. The van der Waals surface area contributed by atoms with E-state index in [-0.39, 0.29) is 19.6 Å². The van der Waals surface area contributed by atoms with Crippen molar-refractivity contribution in [2.45, 2.75) is 24.3 Å². The summed E-state index contributed by atoms with van der Waals surface area (Å²) in [5.74, 6) is 0.0720. The van der Waals surface area contributed by atoms with Crippen molar-refractivity contribution < 1.29 is 40.4 Å². The molecule has 210 valence electrons. The van der Waals surface area contributed by atoms with Crippen LogP contribution in [0.2, 0.25) is 0 Å². The number of amides is 1. The maximum Gasteiger partial charge on any atom is 0.573 e. The number of alkyl halides is 3. The van der Waals surface area contributed by atoms with Gasteiger partial charge in [-0.2, -0.15) is 9.29 Å². The van der Waals surface area contributed by atoms with E-state index in [1.54, 1.807) is 43.1 Å². The molecule has 0 N–H and O–H groups in total. The molecule has 4 rings (SSSR count). The van der Waals surface area contributed by atoms with Gasteiger partial charge >= 0.3 is 12.5 Å². The summed E-state index contributed by atoms with van der Waals surface area (Å²) in [6.45, 7) is 2.47. The van der Waals surface area contributed by atoms with E-state index in [1.165, 1.54) is 24.1 Å². The smallest absolute Gasteiger partial charge is 0.443 e. The van der Waals surface area contributed by atoms with E-state index in [0.717, 1.165) is 22.0 Å². The van der Waals surface area contributed by atoms with Gasteiger partial charge in [0.1, 0.15) is 16.7 Å². The molecule has 0 spiro atoms. The van der Waals surface area contributed by atoms with Crippen LogP contribution in [0.4, 0.5) is 23.7 Å². The maximum absolute atomic E-state index is 12.9. The van der Waals surface area contributed by atoms with Gasteiger partial charge in [-0.05, 0) is 43.4 Å². The SMILES string of the molecule is Cc1nc(-c2ccc(N3CC(CN(C)CCN(C)S(=O)(=O)c4ccccc4OC(F)(F)F)OC3=O)cc2)no1. The second-order valence-corrected chi connectivity index (χ2v) is 10.9. The number of likely N-dealkylation sites (N-methyl/N-ethyl adjacent to an activating group) is 2. The Morgan fingerprint density at radius 1 is 1.10 bits per heavy atom. The predicted octanol–water partition coefficient (Wildman–Crippen LogP) is 3.52. The summed E-state index contributed by atoms with van der Waals surface area (Å²) in [6.07, 6.45) is -6.03. The number of benzene rings is 2. The summed E-state index contributed by atoms with van der Waals surface area (Å²) in [6, 6.07) is 11.6. The van der Waals surface area contributed by atoms with Crippen LogP contribution in [0.25, 0.3) is 11.4 Å². The van der Waals surface area contributed by atoms with Gasteiger partial charge in [-0.15, -0.1) is 13.2 Å². The number of ether oxygens (including phenoxy) is 2. The molecule has 0 bridgehead atoms. The van der Waals surface area contributed by atoms with Crippen molar-refractivity contribution in [3.05, 3.63) is 54.4 Å². The van der Waals surface area contributed by atoms with Gasteiger partial charge in [0, 0.05) is 44.9 Å². The van der Waals surface area contributed by atoms with E-state index in [1.807, 2.05) is 0 Å². The van der Waals surface area contributed by atoms with Crippen LogP contribution < -0.4 is 9.64 Å². The van der Waals surface area contributed by atoms with E-state index < -0.39 is 39.2 Å². The van der Waals surface area contributed by atoms with Gasteiger partial charge in [-0.3, -0.25) is 4.90 Å². The van der Waals surface area contributed by atoms with Crippen LogP contribution in [0.15, 0.2) is 57.9 Å². The monoisotopic (exact) mass is 569 g/mol. The van der Waals surface area contributed by atoms with E-state index in [4.69, 9.17) is 9.26 Å². The van der Waals surface area contributed by atoms with Gasteiger partial charge in [0.05, 0.1) is 6.54 Å². The molecule has 1 amide bonds. The van der Waals surface area contributed by atoms with Gasteiger partial charge in [-0.1, -0.05) is 17.3 Å². The molecule has 3 aromatic rings. The average Bonchev–Trinajstić information content (AvgIpc) is 3.46. The third kappa shape index (κ3) is 6.85. The standard InChI is InChI=1S/C24H26F3N5O6S/c1-16-28-22(29-38-16)17-8-10-18(11-9-17)32-15-19(36-23(32)33)14-30(2)12-13-31(3)39(34,35)21-7-5-4-6-20(21)37-24(25,26)27/h4-11,19H,12-15H2,1-3H3. The Balaban J connectivity index is 1.32. The zero-order chi connectivity index (χ0) is 28.4. The molecule has 1 aliphatic rings. The number of nitrogens with zero attached hydrogens (tertiary/aromatic N) is 5. The zero-order valence-electron chi connectivity index (χ0n) is 21.3. The van der Waals surface area contributed by atoms with Crippen LogP contribution >= 0.6 is 0 Å². The van der Waals surface area contributed by atoms with Crippen molar-refractivity contribution in [1.29, 1.82) is 0 Å². The highest BCUT2D eigenvalue weighted by Gasteiger charge is 2.36. The fourth-order valence-electron chi connectivity index (χ4n) is 3.95. The number of aromatic nitrogens is 2. The zero-order valence-corrected chi connectivity index (χ0v) is 22.1. The third-order valence-electron chi connectivity index (χ3n) is 5.91. The fraction of sp³-hybridized carbons (Fsp3) is 0.375. The number of hydrogen-bond acceptors (Lipinski definition) is 9. The second kappa shape index (κ2) is 11.2. The maximum atomic E-state index is 12.9. The van der Waals surface area contributed by atoms with Crippen LogP contribution in [-0.2, 0) is 14.8 Å². The van der Waals surface area contributed by atoms with Crippen LogP contribution in [0.1, 0.15) is 5.89 Å². The number of anilines is 1. The molecule has 1 aliphatic heterocycles. The summed E-state index contributed by atoms with van der Waals surface area (Å²) in [4.78, 5) is 19.3. The number of halogens is 3. The molecule has 1 atom stereocenters. The summed E-state index contributed by atoms with van der Waals surface area (Å²) < 4.78 is 79.3. The molecular formula is C24H26F3N5O6S. The Morgan fingerprint density at radius 2 is 1.79 bits per heavy atom. The van der Waals surface area contributed by atoms with Crippen molar-refractivity contribution >= 4 is 21.8 Å². The number of para-hydroxylation sites is 1. The molecule has 0 radical (unpaired) electrons. The lowest BCUT2D eigenvalue weighted by Gasteiger charge is -2.24. The van der Waals surface area contributed by atoms with Crippen molar-refractivity contribution in [1.82, 2.24) is 19.3 Å². The molecule has 39 heavy (non-hydrogen) atoms. The summed E-state index contributed by atoms with van der Waals surface area (Å²) in [5, 5.41) is 3.86. The molecular weight excluding hydrogens is 543 g/mol. The number of aryl methyl sites for hydroxylation is 1. The highest BCUT2D eigenvalue weighted by atomic mass is 32.2. The van der Waals surface area contributed by atoms with Crippen LogP contribution in [0.5, 0.6) is 5.75 Å². The Kier molecular flexibility index (Phi) is 8.13. The van der Waals surface area contributed by atoms with Gasteiger partial charge in [0.2, 0.25) is 21.7 Å². The van der Waals surface area contributed by atoms with E-state index in [9.17, 15) is 26.4 Å². The molecule has 2 aromatic carbocycles. The molecule has 2 heterocycles. The number of cyclic esters (lactones) is 1. The lowest BCUT2D eigenvalue weighted by Crippen LogP contribution is -2.38. The quantitative estimate of drug-likeness (QED) is 0.361. The van der Waals surface area contributed by atoms with Gasteiger partial charge in [-0.25, -0.2) is 13.2 Å². The fourth-order valence-corrected chi connectivity index (χ4v) is 5.22. The molecule has 1 unspecified atom stereocenters. The number of sulfonamides is 1. The minimum Gasteiger partial charge on any atom is -0.443 e. The predicted molar refractivity (Wildman–Crippen MR) is 133 cm³/mol. The lowest BCUT2D eigenvalue weighted by atomic mass is 10.2. The van der Waals surface area contributed by atoms with E-state index >= 15 is 0 Å². The first-order valence-electron chi connectivity index (χ1n) is 11.7. The van der Waals surface area contributed by atoms with E-state index in [0.29, 0.717) is 23.9 Å². The molecule has 11 nitrogen and oxygen atoms in total. The topological polar surface area (TPSA) is 118 Å². The highest BCUT2D eigenvalue weighted by molar-refractivity contribution is 7.89. The van der Waals surface area contributed by atoms with Crippen LogP contribution in [0.3, 0.4) is 0 Å². The minimum atomic E-state index is -5.04. The summed E-state index contributed by atoms with van der Waals surface area (Å²) >= 11 is 0. The number of rotatable bonds is 10. The van der Waals surface area contributed by atoms with Gasteiger partial charge in [0.25, 0.3) is 0 Å². The Bertz CT molecular complexity index is 1410. The summed E-state index contributed by atoms with van der Waals surface area (Å²) in [7, 11) is -1.28. The third-order valence-corrected chi connectivity index (χ3v) is 7.81.